The summed E-state index contributed by atoms with van der Waals surface area (Å²) in [5, 5.41) is 0.670. The van der Waals surface area contributed by atoms with E-state index in [0.717, 1.165) is 0 Å². The number of halogens is 1. The Morgan fingerprint density at radius 3 is 2.31 bits per heavy atom. The van der Waals surface area contributed by atoms with Crippen LogP contribution in [-0.2, 0) is 14.6 Å². The van der Waals surface area contributed by atoms with Gasteiger partial charge in [0.05, 0.1) is 11.4 Å². The van der Waals surface area contributed by atoms with E-state index in [1.54, 1.807) is 6.92 Å². The molecule has 0 spiro atoms. The highest BCUT2D eigenvalue weighted by molar-refractivity contribution is 9.09. The van der Waals surface area contributed by atoms with Crippen LogP contribution in [-0.4, -0.2) is 38.0 Å². The highest BCUT2D eigenvalue weighted by Crippen LogP contribution is 2.22. The lowest BCUT2D eigenvalue weighted by Crippen LogP contribution is -2.40. The molecule has 0 amide bonds. The van der Waals surface area contributed by atoms with E-state index in [2.05, 4.69) is 15.9 Å². The maximum absolute atomic E-state index is 11.4. The van der Waals surface area contributed by atoms with Crippen molar-refractivity contribution in [1.29, 1.82) is 0 Å². The lowest BCUT2D eigenvalue weighted by Gasteiger charge is -2.26. The summed E-state index contributed by atoms with van der Waals surface area (Å²) in [6, 6.07) is 0. The molecule has 80 valence electrons. The third kappa shape index (κ3) is 3.95. The maximum Gasteiger partial charge on any atom is 0.155 e. The zero-order valence-electron chi connectivity index (χ0n) is 8.34. The van der Waals surface area contributed by atoms with Crippen molar-refractivity contribution in [3.05, 3.63) is 0 Å². The van der Waals surface area contributed by atoms with Gasteiger partial charge in [0.1, 0.15) is 0 Å². The molecule has 0 aliphatic rings. The van der Waals surface area contributed by atoms with Crippen molar-refractivity contribution in [3.63, 3.8) is 0 Å². The molecule has 1 atom stereocenters. The zero-order valence-corrected chi connectivity index (χ0v) is 10.7. The van der Waals surface area contributed by atoms with Gasteiger partial charge >= 0.3 is 0 Å². The number of ether oxygens (including phenoxy) is 1. The van der Waals surface area contributed by atoms with Gasteiger partial charge in [0.2, 0.25) is 0 Å². The molecule has 0 aromatic rings. The van der Waals surface area contributed by atoms with Crippen molar-refractivity contribution < 1.29 is 13.2 Å². The maximum atomic E-state index is 11.4. The van der Waals surface area contributed by atoms with E-state index in [9.17, 15) is 8.42 Å². The summed E-state index contributed by atoms with van der Waals surface area (Å²) in [6.07, 6.45) is 1.83. The van der Waals surface area contributed by atoms with Crippen LogP contribution in [0.3, 0.4) is 0 Å². The summed E-state index contributed by atoms with van der Waals surface area (Å²) in [4.78, 5) is 0. The number of hydrogen-bond donors (Lipinski definition) is 0. The predicted molar refractivity (Wildman–Crippen MR) is 58.2 cm³/mol. The Labute approximate surface area is 88.9 Å². The topological polar surface area (TPSA) is 43.4 Å². The van der Waals surface area contributed by atoms with Crippen molar-refractivity contribution in [2.45, 2.75) is 25.0 Å². The van der Waals surface area contributed by atoms with E-state index in [1.807, 2.05) is 6.92 Å². The van der Waals surface area contributed by atoms with Gasteiger partial charge in [0.25, 0.3) is 0 Å². The molecule has 1 unspecified atom stereocenters. The van der Waals surface area contributed by atoms with E-state index in [-0.39, 0.29) is 6.61 Å². The number of rotatable bonds is 6. The molecule has 13 heavy (non-hydrogen) atoms. The monoisotopic (exact) mass is 272 g/mol. The fourth-order valence-corrected chi connectivity index (χ4v) is 2.79. The number of alkyl halides is 1. The molecule has 0 N–H and O–H groups in total. The highest BCUT2D eigenvalue weighted by Gasteiger charge is 2.35. The van der Waals surface area contributed by atoms with Gasteiger partial charge in [-0.05, 0) is 20.3 Å². The summed E-state index contributed by atoms with van der Waals surface area (Å²) in [7, 11) is -3.05. The molecule has 0 aromatic carbocycles. The minimum Gasteiger partial charge on any atom is -0.380 e. The van der Waals surface area contributed by atoms with Gasteiger partial charge in [0, 0.05) is 18.2 Å². The first-order valence-electron chi connectivity index (χ1n) is 4.20. The lowest BCUT2D eigenvalue weighted by molar-refractivity contribution is 0.124. The minimum atomic E-state index is -3.05. The SMILES string of the molecule is CCOCC(C)(CCBr)S(C)(=O)=O. The molecular formula is C8H17BrO3S. The number of hydrogen-bond acceptors (Lipinski definition) is 3. The predicted octanol–water partition coefficient (Wildman–Crippen LogP) is 1.61. The van der Waals surface area contributed by atoms with E-state index in [4.69, 9.17) is 4.74 Å². The average Bonchev–Trinajstić information content (AvgIpc) is 1.99. The first kappa shape index (κ1) is 13.4. The third-order valence-corrected chi connectivity index (χ3v) is 4.64. The summed E-state index contributed by atoms with van der Waals surface area (Å²) < 4.78 is 27.3. The third-order valence-electron chi connectivity index (χ3n) is 2.13. The van der Waals surface area contributed by atoms with Gasteiger partial charge < -0.3 is 4.74 Å². The fourth-order valence-electron chi connectivity index (χ4n) is 0.882. The normalized spacial score (nSPS) is 16.9. The van der Waals surface area contributed by atoms with Crippen LogP contribution >= 0.6 is 15.9 Å². The molecule has 0 aromatic heterocycles. The van der Waals surface area contributed by atoms with Crippen molar-refractivity contribution in [1.82, 2.24) is 0 Å². The smallest absolute Gasteiger partial charge is 0.155 e. The molecule has 0 saturated heterocycles. The largest absolute Gasteiger partial charge is 0.380 e. The highest BCUT2D eigenvalue weighted by atomic mass is 79.9. The first-order valence-corrected chi connectivity index (χ1v) is 7.22. The fraction of sp³-hybridized carbons (Fsp3) is 1.00. The molecule has 0 radical (unpaired) electrons. The molecule has 0 aliphatic heterocycles. The van der Waals surface area contributed by atoms with E-state index >= 15 is 0 Å². The Bertz CT molecular complexity index is 238. The molecule has 0 saturated carbocycles. The van der Waals surface area contributed by atoms with Crippen LogP contribution in [0.5, 0.6) is 0 Å². The average molecular weight is 273 g/mol. The molecule has 0 heterocycles. The Morgan fingerprint density at radius 2 is 2.00 bits per heavy atom. The molecule has 0 fully saturated rings. The zero-order chi connectivity index (χ0) is 10.5. The quantitative estimate of drug-likeness (QED) is 0.690. The second-order valence-corrected chi connectivity index (χ2v) is 6.62. The lowest BCUT2D eigenvalue weighted by atomic mass is 10.1. The van der Waals surface area contributed by atoms with Gasteiger partial charge in [-0.2, -0.15) is 0 Å². The minimum absolute atomic E-state index is 0.272. The van der Waals surface area contributed by atoms with Crippen LogP contribution in [0.15, 0.2) is 0 Å². The Hall–Kier alpha value is 0.390. The van der Waals surface area contributed by atoms with Crippen molar-refractivity contribution in [2.75, 3.05) is 24.8 Å². The van der Waals surface area contributed by atoms with E-state index in [0.29, 0.717) is 18.4 Å². The van der Waals surface area contributed by atoms with E-state index in [1.165, 1.54) is 6.26 Å². The van der Waals surface area contributed by atoms with Gasteiger partial charge in [-0.3, -0.25) is 0 Å². The van der Waals surface area contributed by atoms with Crippen LogP contribution in [0.1, 0.15) is 20.3 Å². The molecule has 3 nitrogen and oxygen atoms in total. The van der Waals surface area contributed by atoms with Crippen LogP contribution in [0, 0.1) is 0 Å². The Kier molecular flexibility index (Phi) is 5.47. The molecule has 0 bridgehead atoms. The molecule has 5 heteroatoms. The van der Waals surface area contributed by atoms with Crippen molar-refractivity contribution in [2.24, 2.45) is 0 Å². The van der Waals surface area contributed by atoms with Gasteiger partial charge in [-0.15, -0.1) is 0 Å². The van der Waals surface area contributed by atoms with Crippen molar-refractivity contribution >= 4 is 25.8 Å². The Morgan fingerprint density at radius 1 is 1.46 bits per heavy atom. The van der Waals surface area contributed by atoms with Gasteiger partial charge in [-0.1, -0.05) is 15.9 Å². The summed E-state index contributed by atoms with van der Waals surface area (Å²) in [5.74, 6) is 0. The van der Waals surface area contributed by atoms with E-state index < -0.39 is 14.6 Å². The van der Waals surface area contributed by atoms with Crippen LogP contribution in [0.2, 0.25) is 0 Å². The van der Waals surface area contributed by atoms with Crippen LogP contribution in [0.25, 0.3) is 0 Å². The summed E-state index contributed by atoms with van der Waals surface area (Å²) in [6.45, 7) is 4.40. The molecule has 0 aliphatic carbocycles. The van der Waals surface area contributed by atoms with Crippen molar-refractivity contribution in [3.8, 4) is 0 Å². The Balaban J connectivity index is 4.53. The summed E-state index contributed by atoms with van der Waals surface area (Å²) in [5.41, 5.74) is 0. The van der Waals surface area contributed by atoms with Crippen LogP contribution < -0.4 is 0 Å². The van der Waals surface area contributed by atoms with Gasteiger partial charge in [0.15, 0.2) is 9.84 Å². The van der Waals surface area contributed by atoms with Crippen LogP contribution in [0.4, 0.5) is 0 Å². The van der Waals surface area contributed by atoms with Gasteiger partial charge in [-0.25, -0.2) is 8.42 Å². The standard InChI is InChI=1S/C8H17BrO3S/c1-4-12-7-8(2,5-6-9)13(3,10)11/h4-7H2,1-3H3. The molecular weight excluding hydrogens is 256 g/mol. The number of sulfone groups is 1. The second-order valence-electron chi connectivity index (χ2n) is 3.30. The molecule has 0 rings (SSSR count). The summed E-state index contributed by atoms with van der Waals surface area (Å²) >= 11 is 3.25. The first-order chi connectivity index (χ1) is 5.87. The second kappa shape index (κ2) is 5.32.